The Balaban J connectivity index is 0.000000154. The minimum Gasteiger partial charge on any atom is -0.311 e. The van der Waals surface area contributed by atoms with Gasteiger partial charge >= 0.3 is 46.7 Å². The number of hydrogen-bond acceptors (Lipinski definition) is 11. The number of hydrogen-bond donors (Lipinski definition) is 6. The molecule has 0 atom stereocenters. The van der Waals surface area contributed by atoms with Crippen molar-refractivity contribution in [3.8, 4) is 45.2 Å². The van der Waals surface area contributed by atoms with Gasteiger partial charge in [0.2, 0.25) is 0 Å². The molecule has 15 heteroatoms. The third kappa shape index (κ3) is 14.3. The number of anilines is 6. The van der Waals surface area contributed by atoms with Crippen LogP contribution in [0.25, 0.3) is 33.4 Å². The van der Waals surface area contributed by atoms with Crippen molar-refractivity contribution in [2.75, 3.05) is 9.80 Å². The molecule has 638 valence electrons. The van der Waals surface area contributed by atoms with Crippen molar-refractivity contribution in [2.45, 2.75) is 61.2 Å². The molecule has 0 fully saturated rings. The van der Waals surface area contributed by atoms with Gasteiger partial charge in [0.1, 0.15) is 5.75 Å². The largest absolute Gasteiger partial charge is 0.311 e. The number of benzene rings is 18. The Morgan fingerprint density at radius 2 is 0.470 bits per heavy atom. The summed E-state index contributed by atoms with van der Waals surface area (Å²) in [6.07, 6.45) is 0. The Labute approximate surface area is 789 Å². The molecule has 0 aromatic heterocycles. The second kappa shape index (κ2) is 35.6. The van der Waals surface area contributed by atoms with Gasteiger partial charge in [-0.25, -0.2) is 0 Å². The van der Waals surface area contributed by atoms with Crippen LogP contribution in [0.2, 0.25) is 0 Å². The second-order valence-corrected chi connectivity index (χ2v) is 35.5. The van der Waals surface area contributed by atoms with E-state index in [1.165, 1.54) is 174 Å². The summed E-state index contributed by atoms with van der Waals surface area (Å²) in [6.45, 7) is 3.69. The monoisotopic (exact) mass is 1740 g/mol. The Hall–Kier alpha value is -14.9. The first-order valence-corrected chi connectivity index (χ1v) is 45.9. The van der Waals surface area contributed by atoms with Crippen LogP contribution in [0.1, 0.15) is 193 Å². The molecule has 0 heterocycles. The van der Waals surface area contributed by atoms with E-state index in [0.29, 0.717) is 36.2 Å². The smallest absolute Gasteiger partial charge is 0.0462 e. The zero-order valence-electron chi connectivity index (χ0n) is 73.6. The van der Waals surface area contributed by atoms with Crippen LogP contribution in [-0.2, 0) is 0 Å². The maximum atomic E-state index is 9.31. The summed E-state index contributed by atoms with van der Waals surface area (Å²) in [5.41, 5.74) is 50.5. The average molecular weight is 1750 g/mol. The third-order valence-corrected chi connectivity index (χ3v) is 28.6. The van der Waals surface area contributed by atoms with Crippen LogP contribution in [0.4, 0.5) is 34.1 Å². The standard InChI is InChI=1S/C78H51N.C21H16.C18H17B3NO6.C2H3N.BHNS/c1-7-22-61-55(16-1)70-56-17-2-8-23-62(56)76(61)73-52(28-13-31-67(70)73)46-34-40-49(41-35-46)79(50-42-36-47(37-43-50)53-29-14-32-68-71-57-18-3-9-24-63(57)77(74(53)68)64-25-10-4-19-58(64)71)51-44-38-48(39-45-51)54-30-15-33-69-72-59-20-5-11-26-65(59)78(75(54)69)66-27-12-6-21-60(66)72;1-13-7-6-12-18-19(13)21-16-10-4-2-8-14(16)20(18)15-9-3-5-11-17(15)21;23-19-28-18-11-9-17(10-12-18)22(15-5-1-13(2-6-15)20(24)25)16-7-3-14(4-8-16)21(26)27;2*1-2-3/h1-45,70-72,76-78H;2-12,20-21H,1H3;1-12,23-27H;1H3;3H. The molecule has 8 bridgehead atoms. The van der Waals surface area contributed by atoms with Crippen LogP contribution < -0.4 is 25.4 Å². The summed E-state index contributed by atoms with van der Waals surface area (Å²) in [7, 11) is 1.83. The predicted octanol–water partition coefficient (Wildman–Crippen LogP) is 24.2. The minimum atomic E-state index is -1.56. The van der Waals surface area contributed by atoms with Gasteiger partial charge in [0.15, 0.2) is 0 Å². The number of nitriles is 1. The molecule has 5 N–H and O–H groups in total. The molecule has 18 aromatic rings. The summed E-state index contributed by atoms with van der Waals surface area (Å²) >= 11 is 3.19. The first-order chi connectivity index (χ1) is 65.9. The van der Waals surface area contributed by atoms with Crippen molar-refractivity contribution in [1.82, 2.24) is 0 Å². The van der Waals surface area contributed by atoms with E-state index in [4.69, 9.17) is 14.9 Å². The first kappa shape index (κ1) is 84.6. The molecule has 18 aromatic carbocycles. The molecule has 134 heavy (non-hydrogen) atoms. The topological polar surface area (TPSA) is 153 Å². The van der Waals surface area contributed by atoms with Crippen molar-refractivity contribution in [1.29, 1.82) is 5.26 Å². The van der Waals surface area contributed by atoms with E-state index in [0.717, 1.165) is 34.1 Å². The SMILES string of the molecule is CC#N.Cc1cccc2c1C1c3ccccc3C2c2ccccc21.O[B]Oc1ccc(N(c2ccc(B(O)O)cc2)c2ccc(B(O)O)cc2)cc1.[B]=NS.c1ccc2c(c1)C1c3ccccc3C2c2c(-c3ccc(N(c4ccc(-c5cccc6c5C5c7ccccc7C6c6ccccc65)cc4)c4ccc(-c5cccc6c5C5c7ccccc7C6c6ccccc65)cc4)cc3)cccc21. The fourth-order valence-corrected chi connectivity index (χ4v) is 23.4. The minimum absolute atomic E-state index is 0.196. The van der Waals surface area contributed by atoms with Gasteiger partial charge in [-0.05, 0) is 275 Å². The van der Waals surface area contributed by atoms with Gasteiger partial charge in [-0.2, -0.15) is 5.26 Å². The van der Waals surface area contributed by atoms with E-state index in [1.54, 1.807) is 84.4 Å². The van der Waals surface area contributed by atoms with Gasteiger partial charge in [0.05, 0.1) is 6.07 Å². The predicted molar refractivity (Wildman–Crippen MR) is 546 cm³/mol. The molecule has 0 unspecified atom stereocenters. The van der Waals surface area contributed by atoms with Crippen molar-refractivity contribution < 1.29 is 29.8 Å². The van der Waals surface area contributed by atoms with Crippen LogP contribution in [0.15, 0.2) is 417 Å². The van der Waals surface area contributed by atoms with E-state index in [9.17, 15) is 20.1 Å². The van der Waals surface area contributed by atoms with Crippen molar-refractivity contribution in [3.63, 3.8) is 0 Å². The Kier molecular flexibility index (Phi) is 22.5. The van der Waals surface area contributed by atoms with Crippen LogP contribution in [0, 0.1) is 18.3 Å². The summed E-state index contributed by atoms with van der Waals surface area (Å²) in [6, 6.07) is 151. The molecule has 0 aliphatic heterocycles. The average Bonchev–Trinajstić information content (AvgIpc) is 0.706. The molecule has 12 aliphatic carbocycles. The van der Waals surface area contributed by atoms with Crippen molar-refractivity contribution >= 4 is 87.4 Å². The Bertz CT molecular complexity index is 6920. The fraction of sp³-hybridized carbons (Fsp3) is 0.0840. The van der Waals surface area contributed by atoms with Crippen LogP contribution in [0.3, 0.4) is 0 Å². The van der Waals surface area contributed by atoms with Gasteiger partial charge in [0.25, 0.3) is 0 Å². The maximum absolute atomic E-state index is 9.31. The zero-order valence-corrected chi connectivity index (χ0v) is 74.5. The zero-order chi connectivity index (χ0) is 90.9. The normalized spacial score (nSPS) is 16.8. The molecule has 30 rings (SSSR count). The van der Waals surface area contributed by atoms with Crippen LogP contribution >= 0.6 is 12.8 Å². The van der Waals surface area contributed by atoms with Gasteiger partial charge in [0, 0.05) is 88.4 Å². The van der Waals surface area contributed by atoms with Gasteiger partial charge in [-0.15, -0.1) is 0 Å². The second-order valence-electron chi connectivity index (χ2n) is 35.3. The van der Waals surface area contributed by atoms with Crippen LogP contribution in [-0.4, -0.2) is 54.7 Å². The number of nitrogens with zero attached hydrogens (tertiary/aromatic N) is 4. The molecule has 0 spiro atoms. The van der Waals surface area contributed by atoms with E-state index in [1.807, 2.05) is 4.90 Å². The van der Waals surface area contributed by atoms with Gasteiger partial charge in [-0.3, -0.25) is 0 Å². The van der Waals surface area contributed by atoms with Gasteiger partial charge < -0.3 is 39.6 Å². The quantitative estimate of drug-likeness (QED) is 0.0489. The summed E-state index contributed by atoms with van der Waals surface area (Å²) in [5.74, 6) is 2.59. The first-order valence-electron chi connectivity index (χ1n) is 45.5. The van der Waals surface area contributed by atoms with Crippen molar-refractivity contribution in [3.05, 3.63) is 552 Å². The van der Waals surface area contributed by atoms with E-state index < -0.39 is 14.2 Å². The van der Waals surface area contributed by atoms with E-state index in [2.05, 4.69) is 376 Å². The number of thiol groups is 1. The molecule has 0 amide bonds. The molecule has 0 saturated heterocycles. The summed E-state index contributed by atoms with van der Waals surface area (Å²) in [5, 5.41) is 53.3. The molecule has 0 saturated carbocycles. The Morgan fingerprint density at radius 3 is 0.694 bits per heavy atom. The van der Waals surface area contributed by atoms with Gasteiger partial charge in [-0.1, -0.05) is 328 Å². The molecule has 12 aliphatic rings. The molecular weight excluding hydrogens is 1660 g/mol. The molecule has 10 nitrogen and oxygen atoms in total. The molecular formula is C119H88B4N4O6S. The van der Waals surface area contributed by atoms with E-state index >= 15 is 0 Å². The van der Waals surface area contributed by atoms with Crippen molar-refractivity contribution in [2.24, 2.45) is 4.30 Å². The van der Waals surface area contributed by atoms with Crippen LogP contribution in [0.5, 0.6) is 5.75 Å². The number of rotatable bonds is 13. The third-order valence-electron chi connectivity index (χ3n) is 28.6. The summed E-state index contributed by atoms with van der Waals surface area (Å²) in [4.78, 5) is 4.35. The Morgan fingerprint density at radius 1 is 0.284 bits per heavy atom. The fourth-order valence-electron chi connectivity index (χ4n) is 23.4. The molecule has 2 radical (unpaired) electrons. The maximum Gasteiger partial charge on any atom is 0.0462 e. The van der Waals surface area contributed by atoms with E-state index in [-0.39, 0.29) is 35.5 Å². The summed E-state index contributed by atoms with van der Waals surface area (Å²) < 4.78 is 7.63. The number of aryl methyl sites for hydroxylation is 1.